The van der Waals surface area contributed by atoms with Crippen LogP contribution in [0.15, 0.2) is 46.4 Å². The molecule has 0 unspecified atom stereocenters. The van der Waals surface area contributed by atoms with Gasteiger partial charge in [0.2, 0.25) is 0 Å². The number of halogens is 1. The van der Waals surface area contributed by atoms with Gasteiger partial charge in [0, 0.05) is 16.2 Å². The Morgan fingerprint density at radius 1 is 1.19 bits per heavy atom. The molecule has 0 saturated heterocycles. The number of thioether (sulfide) groups is 1. The lowest BCUT2D eigenvalue weighted by atomic mass is 10.1. The average Bonchev–Trinajstić information content (AvgIpc) is 2.44. The van der Waals surface area contributed by atoms with Gasteiger partial charge in [-0.2, -0.15) is 0 Å². The van der Waals surface area contributed by atoms with E-state index in [1.54, 1.807) is 12.1 Å². The Morgan fingerprint density at radius 2 is 1.86 bits per heavy atom. The summed E-state index contributed by atoms with van der Waals surface area (Å²) >= 11 is 1.43. The minimum Gasteiger partial charge on any atom is -0.409 e. The van der Waals surface area contributed by atoms with Crippen molar-refractivity contribution in [2.45, 2.75) is 24.5 Å². The Kier molecular flexibility index (Phi) is 4.85. The first-order valence-electron chi connectivity index (χ1n) is 6.47. The number of hydrogen-bond acceptors (Lipinski definition) is 3. The Balaban J connectivity index is 2.13. The quantitative estimate of drug-likeness (QED) is 0.297. The molecule has 2 aromatic rings. The molecule has 0 radical (unpaired) electrons. The van der Waals surface area contributed by atoms with E-state index >= 15 is 0 Å². The monoisotopic (exact) mass is 304 g/mol. The Bertz CT molecular complexity index is 666. The van der Waals surface area contributed by atoms with E-state index < -0.39 is 0 Å². The molecule has 0 spiro atoms. The van der Waals surface area contributed by atoms with Crippen LogP contribution in [0.25, 0.3) is 0 Å². The lowest BCUT2D eigenvalue weighted by molar-refractivity contribution is 0.318. The third-order valence-electron chi connectivity index (χ3n) is 3.01. The second-order valence-corrected chi connectivity index (χ2v) is 5.93. The maximum absolute atomic E-state index is 14.0. The van der Waals surface area contributed by atoms with Gasteiger partial charge in [0.25, 0.3) is 0 Å². The molecule has 2 rings (SSSR count). The van der Waals surface area contributed by atoms with Crippen LogP contribution in [0, 0.1) is 19.7 Å². The summed E-state index contributed by atoms with van der Waals surface area (Å²) in [6.07, 6.45) is 0. The van der Waals surface area contributed by atoms with Crippen molar-refractivity contribution < 1.29 is 9.60 Å². The summed E-state index contributed by atoms with van der Waals surface area (Å²) in [5.74, 6) is 0.232. The fraction of sp³-hybridized carbons (Fsp3) is 0.188. The topological polar surface area (TPSA) is 58.6 Å². The van der Waals surface area contributed by atoms with Crippen LogP contribution in [-0.4, -0.2) is 11.0 Å². The average molecular weight is 304 g/mol. The second kappa shape index (κ2) is 6.63. The molecule has 2 aromatic carbocycles. The zero-order chi connectivity index (χ0) is 15.4. The highest BCUT2D eigenvalue weighted by atomic mass is 32.2. The van der Waals surface area contributed by atoms with Gasteiger partial charge in [-0.1, -0.05) is 34.5 Å². The maximum atomic E-state index is 14.0. The molecule has 0 bridgehead atoms. The van der Waals surface area contributed by atoms with Crippen molar-refractivity contribution in [3.05, 3.63) is 64.5 Å². The number of rotatable bonds is 4. The number of aryl methyl sites for hydroxylation is 2. The van der Waals surface area contributed by atoms with Crippen LogP contribution in [0.1, 0.15) is 22.3 Å². The molecule has 110 valence electrons. The third kappa shape index (κ3) is 3.98. The van der Waals surface area contributed by atoms with Crippen molar-refractivity contribution in [1.82, 2.24) is 0 Å². The smallest absolute Gasteiger partial charge is 0.170 e. The fourth-order valence-electron chi connectivity index (χ4n) is 2.15. The summed E-state index contributed by atoms with van der Waals surface area (Å²) in [4.78, 5) is 0.545. The number of hydrogen-bond donors (Lipinski definition) is 2. The maximum Gasteiger partial charge on any atom is 0.170 e. The SMILES string of the molecule is Cc1cc(C)cc(CSc2ccc(/C(N)=N/O)cc2F)c1. The lowest BCUT2D eigenvalue weighted by Crippen LogP contribution is -2.13. The van der Waals surface area contributed by atoms with Crippen molar-refractivity contribution >= 4 is 17.6 Å². The molecular weight excluding hydrogens is 287 g/mol. The van der Waals surface area contributed by atoms with Crippen LogP contribution >= 0.6 is 11.8 Å². The van der Waals surface area contributed by atoms with E-state index in [1.807, 2.05) is 13.8 Å². The summed E-state index contributed by atoms with van der Waals surface area (Å²) in [5.41, 5.74) is 9.37. The van der Waals surface area contributed by atoms with E-state index in [4.69, 9.17) is 10.9 Å². The van der Waals surface area contributed by atoms with Crippen LogP contribution in [-0.2, 0) is 5.75 Å². The van der Waals surface area contributed by atoms with E-state index in [9.17, 15) is 4.39 Å². The molecular formula is C16H17FN2OS. The first-order valence-corrected chi connectivity index (χ1v) is 7.45. The van der Waals surface area contributed by atoms with Crippen molar-refractivity contribution in [2.24, 2.45) is 10.9 Å². The number of nitrogens with zero attached hydrogens (tertiary/aromatic N) is 1. The summed E-state index contributed by atoms with van der Waals surface area (Å²) in [5, 5.41) is 11.5. The second-order valence-electron chi connectivity index (χ2n) is 4.92. The molecule has 5 heteroatoms. The van der Waals surface area contributed by atoms with Gasteiger partial charge >= 0.3 is 0 Å². The molecule has 0 aliphatic heterocycles. The van der Waals surface area contributed by atoms with E-state index in [-0.39, 0.29) is 11.7 Å². The molecule has 21 heavy (non-hydrogen) atoms. The van der Waals surface area contributed by atoms with Gasteiger partial charge < -0.3 is 10.9 Å². The zero-order valence-corrected chi connectivity index (χ0v) is 12.7. The van der Waals surface area contributed by atoms with Crippen LogP contribution in [0.5, 0.6) is 0 Å². The van der Waals surface area contributed by atoms with Crippen molar-refractivity contribution in [1.29, 1.82) is 0 Å². The number of amidine groups is 1. The Morgan fingerprint density at radius 3 is 2.43 bits per heavy atom. The molecule has 0 saturated carbocycles. The van der Waals surface area contributed by atoms with Crippen molar-refractivity contribution in [3.8, 4) is 0 Å². The molecule has 0 atom stereocenters. The Hall–Kier alpha value is -2.01. The number of oxime groups is 1. The lowest BCUT2D eigenvalue weighted by Gasteiger charge is -2.07. The summed E-state index contributed by atoms with van der Waals surface area (Å²) < 4.78 is 14.0. The normalized spacial score (nSPS) is 11.7. The standard InChI is InChI=1S/C16H17FN2OS/c1-10-5-11(2)7-12(6-10)9-21-15-4-3-13(8-14(15)17)16(18)19-20/h3-8,20H,9H2,1-2H3,(H2,18,19). The van der Waals surface area contributed by atoms with Gasteiger partial charge in [0.1, 0.15) is 5.82 Å². The molecule has 0 aliphatic rings. The number of benzene rings is 2. The fourth-order valence-corrected chi connectivity index (χ4v) is 3.00. The van der Waals surface area contributed by atoms with Crippen LogP contribution < -0.4 is 5.73 Å². The van der Waals surface area contributed by atoms with Crippen LogP contribution in [0.2, 0.25) is 0 Å². The minimum absolute atomic E-state index is 0.0974. The van der Waals surface area contributed by atoms with Gasteiger partial charge in [-0.05, 0) is 37.6 Å². The molecule has 3 nitrogen and oxygen atoms in total. The minimum atomic E-state index is -0.367. The summed E-state index contributed by atoms with van der Waals surface area (Å²) in [6.45, 7) is 4.10. The highest BCUT2D eigenvalue weighted by Crippen LogP contribution is 2.27. The van der Waals surface area contributed by atoms with Gasteiger partial charge in [-0.3, -0.25) is 0 Å². The van der Waals surface area contributed by atoms with Gasteiger partial charge in [-0.15, -0.1) is 11.8 Å². The molecule has 0 heterocycles. The number of nitrogens with two attached hydrogens (primary N) is 1. The van der Waals surface area contributed by atoms with Crippen LogP contribution in [0.3, 0.4) is 0 Å². The highest BCUT2D eigenvalue weighted by Gasteiger charge is 2.07. The van der Waals surface area contributed by atoms with E-state index in [2.05, 4.69) is 23.4 Å². The Labute approximate surface area is 127 Å². The molecule has 0 aromatic heterocycles. The molecule has 0 fully saturated rings. The summed E-state index contributed by atoms with van der Waals surface area (Å²) in [7, 11) is 0. The van der Waals surface area contributed by atoms with Gasteiger partial charge in [0.05, 0.1) is 0 Å². The largest absolute Gasteiger partial charge is 0.409 e. The third-order valence-corrected chi connectivity index (χ3v) is 4.13. The van der Waals surface area contributed by atoms with Crippen LogP contribution in [0.4, 0.5) is 4.39 Å². The first-order chi connectivity index (χ1) is 9.99. The predicted octanol–water partition coefficient (Wildman–Crippen LogP) is 3.83. The highest BCUT2D eigenvalue weighted by molar-refractivity contribution is 7.98. The molecule has 0 amide bonds. The zero-order valence-electron chi connectivity index (χ0n) is 11.9. The van der Waals surface area contributed by atoms with E-state index in [0.717, 1.165) is 5.56 Å². The van der Waals surface area contributed by atoms with Crippen molar-refractivity contribution in [3.63, 3.8) is 0 Å². The van der Waals surface area contributed by atoms with Gasteiger partial charge in [0.15, 0.2) is 5.84 Å². The molecule has 0 aliphatic carbocycles. The predicted molar refractivity (Wildman–Crippen MR) is 84.4 cm³/mol. The van der Waals surface area contributed by atoms with Crippen molar-refractivity contribution in [2.75, 3.05) is 0 Å². The van der Waals surface area contributed by atoms with E-state index in [1.165, 1.54) is 29.0 Å². The summed E-state index contributed by atoms with van der Waals surface area (Å²) in [6, 6.07) is 10.9. The first kappa shape index (κ1) is 15.4. The van der Waals surface area contributed by atoms with E-state index in [0.29, 0.717) is 16.2 Å². The van der Waals surface area contributed by atoms with Gasteiger partial charge in [-0.25, -0.2) is 4.39 Å². The molecule has 3 N–H and O–H groups in total.